The smallest absolute Gasteiger partial charge is 0.253 e. The molecule has 144 valence electrons. The van der Waals surface area contributed by atoms with Crippen LogP contribution in [-0.4, -0.2) is 30.5 Å². The van der Waals surface area contributed by atoms with Crippen molar-refractivity contribution in [1.29, 1.82) is 0 Å². The van der Waals surface area contributed by atoms with E-state index in [0.717, 1.165) is 0 Å². The summed E-state index contributed by atoms with van der Waals surface area (Å²) in [5, 5.41) is 8.79. The lowest BCUT2D eigenvalue weighted by molar-refractivity contribution is -0.114. The van der Waals surface area contributed by atoms with Gasteiger partial charge in [0.1, 0.15) is 5.75 Å². The third-order valence-electron chi connectivity index (χ3n) is 3.56. The summed E-state index contributed by atoms with van der Waals surface area (Å²) < 4.78 is 5.51. The molecule has 0 heterocycles. The predicted octanol–water partition coefficient (Wildman–Crippen LogP) is 3.66. The molecule has 0 radical (unpaired) electrons. The minimum absolute atomic E-state index is 0.0280. The van der Waals surface area contributed by atoms with Crippen molar-refractivity contribution in [2.75, 3.05) is 23.8 Å². The second kappa shape index (κ2) is 9.07. The number of ether oxygens (including phenoxy) is 1. The molecule has 6 heteroatoms. The van der Waals surface area contributed by atoms with Gasteiger partial charge >= 0.3 is 0 Å². The first-order valence-corrected chi connectivity index (χ1v) is 8.97. The highest BCUT2D eigenvalue weighted by Crippen LogP contribution is 2.23. The molecule has 2 aromatic rings. The van der Waals surface area contributed by atoms with Gasteiger partial charge in [0.25, 0.3) is 5.91 Å². The molecular weight excluding hydrogens is 342 g/mol. The average Bonchev–Trinajstić information content (AvgIpc) is 2.60. The molecular formula is C21H27N3O3. The summed E-state index contributed by atoms with van der Waals surface area (Å²) >= 11 is 0. The largest absolute Gasteiger partial charge is 0.492 e. The van der Waals surface area contributed by atoms with Crippen LogP contribution in [0.5, 0.6) is 5.75 Å². The SMILES string of the molecule is CCOc1ccccc1NC(=O)CNc1ccccc1C(=O)NC(C)(C)C. The Balaban J connectivity index is 2.03. The summed E-state index contributed by atoms with van der Waals surface area (Å²) in [4.78, 5) is 24.8. The lowest BCUT2D eigenvalue weighted by Crippen LogP contribution is -2.40. The fourth-order valence-electron chi connectivity index (χ4n) is 2.46. The molecule has 0 saturated heterocycles. The Bertz CT molecular complexity index is 797. The van der Waals surface area contributed by atoms with Crippen LogP contribution in [0.1, 0.15) is 38.1 Å². The van der Waals surface area contributed by atoms with E-state index in [0.29, 0.717) is 29.3 Å². The Hall–Kier alpha value is -3.02. The molecule has 0 aliphatic carbocycles. The van der Waals surface area contributed by atoms with Gasteiger partial charge < -0.3 is 20.7 Å². The molecule has 2 aromatic carbocycles. The maximum Gasteiger partial charge on any atom is 0.253 e. The number of hydrogen-bond donors (Lipinski definition) is 3. The highest BCUT2D eigenvalue weighted by atomic mass is 16.5. The Morgan fingerprint density at radius 1 is 0.963 bits per heavy atom. The lowest BCUT2D eigenvalue weighted by atomic mass is 10.1. The molecule has 0 aliphatic rings. The van der Waals surface area contributed by atoms with Gasteiger partial charge in [-0.15, -0.1) is 0 Å². The summed E-state index contributed by atoms with van der Waals surface area (Å²) in [5.41, 5.74) is 1.37. The topological polar surface area (TPSA) is 79.5 Å². The monoisotopic (exact) mass is 369 g/mol. The highest BCUT2D eigenvalue weighted by molar-refractivity contribution is 6.01. The molecule has 0 atom stereocenters. The fourth-order valence-corrected chi connectivity index (χ4v) is 2.46. The van der Waals surface area contributed by atoms with E-state index in [2.05, 4.69) is 16.0 Å². The zero-order valence-corrected chi connectivity index (χ0v) is 16.3. The second-order valence-electron chi connectivity index (χ2n) is 7.08. The number of rotatable bonds is 7. The molecule has 3 N–H and O–H groups in total. The van der Waals surface area contributed by atoms with Crippen LogP contribution in [0.25, 0.3) is 0 Å². The first-order valence-electron chi connectivity index (χ1n) is 8.97. The Morgan fingerprint density at radius 3 is 2.26 bits per heavy atom. The summed E-state index contributed by atoms with van der Waals surface area (Å²) in [6.07, 6.45) is 0. The normalized spacial score (nSPS) is 10.8. The van der Waals surface area contributed by atoms with Crippen molar-refractivity contribution < 1.29 is 14.3 Å². The van der Waals surface area contributed by atoms with Gasteiger partial charge in [-0.2, -0.15) is 0 Å². The molecule has 0 aromatic heterocycles. The number of carbonyl (C=O) groups is 2. The number of nitrogens with one attached hydrogen (secondary N) is 3. The van der Waals surface area contributed by atoms with Crippen LogP contribution in [0.15, 0.2) is 48.5 Å². The van der Waals surface area contributed by atoms with E-state index in [4.69, 9.17) is 4.74 Å². The van der Waals surface area contributed by atoms with Crippen molar-refractivity contribution in [2.24, 2.45) is 0 Å². The van der Waals surface area contributed by atoms with Crippen LogP contribution < -0.4 is 20.7 Å². The number of carbonyl (C=O) groups excluding carboxylic acids is 2. The van der Waals surface area contributed by atoms with Gasteiger partial charge in [0, 0.05) is 11.2 Å². The zero-order chi connectivity index (χ0) is 19.9. The first kappa shape index (κ1) is 20.3. The number of benzene rings is 2. The Kier molecular flexibility index (Phi) is 6.82. The molecule has 2 amide bonds. The van der Waals surface area contributed by atoms with E-state index in [9.17, 15) is 9.59 Å². The van der Waals surface area contributed by atoms with Gasteiger partial charge in [-0.3, -0.25) is 9.59 Å². The molecule has 0 bridgehead atoms. The molecule has 0 spiro atoms. The molecule has 2 rings (SSSR count). The van der Waals surface area contributed by atoms with Crippen molar-refractivity contribution in [1.82, 2.24) is 5.32 Å². The molecule has 6 nitrogen and oxygen atoms in total. The van der Waals surface area contributed by atoms with Crippen LogP contribution in [0.3, 0.4) is 0 Å². The molecule has 0 saturated carbocycles. The van der Waals surface area contributed by atoms with Gasteiger partial charge in [0.15, 0.2) is 0 Å². The summed E-state index contributed by atoms with van der Waals surface area (Å²) in [6.45, 7) is 8.19. The molecule has 0 aliphatic heterocycles. The van der Waals surface area contributed by atoms with E-state index < -0.39 is 0 Å². The van der Waals surface area contributed by atoms with Gasteiger partial charge in [-0.1, -0.05) is 24.3 Å². The number of anilines is 2. The maximum absolute atomic E-state index is 12.5. The van der Waals surface area contributed by atoms with E-state index >= 15 is 0 Å². The lowest BCUT2D eigenvalue weighted by Gasteiger charge is -2.21. The fraction of sp³-hybridized carbons (Fsp3) is 0.333. The predicted molar refractivity (Wildman–Crippen MR) is 108 cm³/mol. The van der Waals surface area contributed by atoms with E-state index in [-0.39, 0.29) is 23.9 Å². The first-order chi connectivity index (χ1) is 12.8. The van der Waals surface area contributed by atoms with Crippen molar-refractivity contribution in [2.45, 2.75) is 33.2 Å². The van der Waals surface area contributed by atoms with Crippen molar-refractivity contribution in [3.8, 4) is 5.75 Å². The van der Waals surface area contributed by atoms with Gasteiger partial charge in [0.2, 0.25) is 5.91 Å². The summed E-state index contributed by atoms with van der Waals surface area (Å²) in [5.74, 6) is 0.208. The Morgan fingerprint density at radius 2 is 1.59 bits per heavy atom. The standard InChI is InChI=1S/C21H27N3O3/c1-5-27-18-13-9-8-12-17(18)23-19(25)14-22-16-11-7-6-10-15(16)20(26)24-21(2,3)4/h6-13,22H,5,14H2,1-4H3,(H,23,25)(H,24,26). The third-order valence-corrected chi connectivity index (χ3v) is 3.56. The van der Waals surface area contributed by atoms with Crippen LogP contribution in [0.2, 0.25) is 0 Å². The number of para-hydroxylation sites is 3. The summed E-state index contributed by atoms with van der Waals surface area (Å²) in [6, 6.07) is 14.4. The van der Waals surface area contributed by atoms with Crippen molar-refractivity contribution in [3.05, 3.63) is 54.1 Å². The highest BCUT2D eigenvalue weighted by Gasteiger charge is 2.18. The third kappa shape index (κ3) is 6.33. The van der Waals surface area contributed by atoms with Crippen molar-refractivity contribution in [3.63, 3.8) is 0 Å². The average molecular weight is 369 g/mol. The van der Waals surface area contributed by atoms with Crippen LogP contribution in [0.4, 0.5) is 11.4 Å². The van der Waals surface area contributed by atoms with Gasteiger partial charge in [0.05, 0.1) is 24.4 Å². The van der Waals surface area contributed by atoms with Crippen LogP contribution in [-0.2, 0) is 4.79 Å². The second-order valence-corrected chi connectivity index (χ2v) is 7.08. The minimum atomic E-state index is -0.343. The summed E-state index contributed by atoms with van der Waals surface area (Å²) in [7, 11) is 0. The quantitative estimate of drug-likeness (QED) is 0.696. The van der Waals surface area contributed by atoms with Gasteiger partial charge in [-0.25, -0.2) is 0 Å². The van der Waals surface area contributed by atoms with E-state index in [1.54, 1.807) is 30.3 Å². The van der Waals surface area contributed by atoms with E-state index in [1.165, 1.54) is 0 Å². The maximum atomic E-state index is 12.5. The molecule has 0 unspecified atom stereocenters. The van der Waals surface area contributed by atoms with E-state index in [1.807, 2.05) is 45.9 Å². The van der Waals surface area contributed by atoms with Crippen molar-refractivity contribution >= 4 is 23.2 Å². The Labute approximate surface area is 160 Å². The minimum Gasteiger partial charge on any atom is -0.492 e. The van der Waals surface area contributed by atoms with Gasteiger partial charge in [-0.05, 0) is 52.0 Å². The number of hydrogen-bond acceptors (Lipinski definition) is 4. The molecule has 27 heavy (non-hydrogen) atoms. The molecule has 0 fully saturated rings. The zero-order valence-electron chi connectivity index (χ0n) is 16.3. The number of amides is 2. The van der Waals surface area contributed by atoms with Crippen LogP contribution >= 0.6 is 0 Å². The van der Waals surface area contributed by atoms with Crippen LogP contribution in [0, 0.1) is 0 Å².